The van der Waals surface area contributed by atoms with Gasteiger partial charge < -0.3 is 0 Å². The van der Waals surface area contributed by atoms with Gasteiger partial charge in [0.25, 0.3) is 0 Å². The second kappa shape index (κ2) is 9.30. The molecule has 0 N–H and O–H groups in total. The van der Waals surface area contributed by atoms with Crippen molar-refractivity contribution in [1.29, 1.82) is 0 Å². The summed E-state index contributed by atoms with van der Waals surface area (Å²) in [6, 6.07) is 21.7. The van der Waals surface area contributed by atoms with Crippen molar-refractivity contribution >= 4 is 68.2 Å². The van der Waals surface area contributed by atoms with Crippen molar-refractivity contribution in [2.75, 3.05) is 0 Å². The second-order valence-corrected chi connectivity index (χ2v) is 12.2. The molecule has 0 spiro atoms. The van der Waals surface area contributed by atoms with Gasteiger partial charge in [0.1, 0.15) is 22.4 Å². The van der Waals surface area contributed by atoms with Crippen molar-refractivity contribution in [2.24, 2.45) is 8.73 Å². The molecule has 0 aliphatic carbocycles. The highest BCUT2D eigenvalue weighted by Crippen LogP contribution is 2.54. The minimum absolute atomic E-state index is 0.514. The van der Waals surface area contributed by atoms with E-state index in [0.717, 1.165) is 87.8 Å². The Bertz CT molecular complexity index is 1980. The molecular formula is C28H15F3N4S4. The Kier molecular flexibility index (Phi) is 5.85. The molecule has 7 rings (SSSR count). The van der Waals surface area contributed by atoms with E-state index < -0.39 is 11.7 Å². The van der Waals surface area contributed by atoms with E-state index in [1.807, 2.05) is 12.1 Å². The van der Waals surface area contributed by atoms with Crippen molar-refractivity contribution in [1.82, 2.24) is 8.75 Å². The number of halogens is 3. The third-order valence-corrected chi connectivity index (χ3v) is 9.77. The van der Waals surface area contributed by atoms with Crippen LogP contribution in [0.1, 0.15) is 11.1 Å². The molecule has 0 fully saturated rings. The lowest BCUT2D eigenvalue weighted by atomic mass is 10.0. The van der Waals surface area contributed by atoms with Crippen LogP contribution >= 0.6 is 34.4 Å². The van der Waals surface area contributed by atoms with Crippen LogP contribution in [0.3, 0.4) is 0 Å². The first kappa shape index (κ1) is 24.5. The fourth-order valence-electron chi connectivity index (χ4n) is 4.63. The van der Waals surface area contributed by atoms with Crippen molar-refractivity contribution in [3.05, 3.63) is 83.9 Å². The van der Waals surface area contributed by atoms with Gasteiger partial charge in [-0.3, -0.25) is 0 Å². The summed E-state index contributed by atoms with van der Waals surface area (Å²) in [5.74, 6) is 0. The third-order valence-electron chi connectivity index (χ3n) is 6.41. The molecule has 0 atom stereocenters. The molecule has 0 radical (unpaired) electrons. The third kappa shape index (κ3) is 4.26. The van der Waals surface area contributed by atoms with Gasteiger partial charge in [0.15, 0.2) is 0 Å². The minimum Gasteiger partial charge on any atom is -0.172 e. The Morgan fingerprint density at radius 3 is 1.74 bits per heavy atom. The molecule has 192 valence electrons. The number of alkyl halides is 3. The van der Waals surface area contributed by atoms with Gasteiger partial charge in [-0.05, 0) is 54.4 Å². The number of nitrogens with zero attached hydrogens (tertiary/aromatic N) is 4. The van der Waals surface area contributed by atoms with Gasteiger partial charge in [-0.1, -0.05) is 42.0 Å². The summed E-state index contributed by atoms with van der Waals surface area (Å²) in [7, 11) is 0. The number of hydrogen-bond acceptors (Lipinski definition) is 7. The van der Waals surface area contributed by atoms with E-state index in [0.29, 0.717) is 5.56 Å². The van der Waals surface area contributed by atoms with E-state index in [1.165, 1.54) is 29.0 Å². The molecule has 3 aromatic carbocycles. The molecule has 39 heavy (non-hydrogen) atoms. The smallest absolute Gasteiger partial charge is 0.172 e. The molecule has 0 saturated heterocycles. The van der Waals surface area contributed by atoms with Crippen molar-refractivity contribution in [3.8, 4) is 41.8 Å². The first-order valence-electron chi connectivity index (χ1n) is 11.7. The number of hydrogen-bond donors (Lipinski definition) is 0. The Labute approximate surface area is 236 Å². The van der Waals surface area contributed by atoms with E-state index in [1.54, 1.807) is 17.4 Å². The lowest BCUT2D eigenvalue weighted by Crippen LogP contribution is -2.04. The largest absolute Gasteiger partial charge is 0.416 e. The van der Waals surface area contributed by atoms with E-state index >= 15 is 0 Å². The summed E-state index contributed by atoms with van der Waals surface area (Å²) in [6.07, 6.45) is -4.40. The van der Waals surface area contributed by atoms with Gasteiger partial charge in [-0.25, -0.2) is 0 Å². The molecule has 11 heteroatoms. The highest BCUT2D eigenvalue weighted by Gasteiger charge is 2.31. The average Bonchev–Trinajstić information content (AvgIpc) is 3.73. The molecule has 0 bridgehead atoms. The number of thiophene rings is 2. The Morgan fingerprint density at radius 2 is 1.18 bits per heavy atom. The first-order valence-corrected chi connectivity index (χ1v) is 14.8. The molecule has 1 aliphatic heterocycles. The summed E-state index contributed by atoms with van der Waals surface area (Å²) in [5.41, 5.74) is 6.86. The maximum Gasteiger partial charge on any atom is 0.416 e. The standard InChI is InChI=1S/C28H15F3N4S4/c1-14-4-2-5-15(12-14)18-8-10-20(36-18)22-24-26(34-38-32-24)23(27-25(22)33-39-35-27)21-11-9-19(37-21)16-6-3-7-17(13-16)28(29,30)31/h2-13H,1H3. The van der Waals surface area contributed by atoms with Crippen LogP contribution in [0.2, 0.25) is 0 Å². The van der Waals surface area contributed by atoms with Crippen molar-refractivity contribution in [3.63, 3.8) is 0 Å². The number of benzene rings is 3. The minimum atomic E-state index is -4.40. The number of aryl methyl sites for hydroxylation is 1. The molecule has 0 amide bonds. The molecule has 6 aromatic rings. The van der Waals surface area contributed by atoms with Gasteiger partial charge in [-0.15, -0.1) is 22.7 Å². The van der Waals surface area contributed by atoms with Crippen LogP contribution in [-0.2, 0) is 17.5 Å². The number of fused-ring (bicyclic) bond motifs is 2. The van der Waals surface area contributed by atoms with Gasteiger partial charge >= 0.3 is 6.18 Å². The SMILES string of the molecule is Cc1cccc(-c2ccc(-c3c4c(c(-c5ccc(-c6cccc(C(F)(F)F)c6)s5)c5nsnc35)N=S=N4)s2)c1. The van der Waals surface area contributed by atoms with E-state index in [4.69, 9.17) is 0 Å². The molecule has 1 aliphatic rings. The monoisotopic (exact) mass is 592 g/mol. The highest BCUT2D eigenvalue weighted by molar-refractivity contribution is 7.58. The number of aromatic nitrogens is 2. The predicted octanol–water partition coefficient (Wildman–Crippen LogP) is 10.5. The second-order valence-electron chi connectivity index (χ2n) is 8.95. The van der Waals surface area contributed by atoms with Gasteiger partial charge in [-0.2, -0.15) is 30.6 Å². The Hall–Kier alpha value is -3.51. The van der Waals surface area contributed by atoms with E-state index in [2.05, 4.69) is 60.8 Å². The first-order chi connectivity index (χ1) is 18.9. The van der Waals surface area contributed by atoms with Crippen LogP contribution in [0.5, 0.6) is 0 Å². The molecule has 3 aromatic heterocycles. The quantitative estimate of drug-likeness (QED) is 0.204. The topological polar surface area (TPSA) is 50.5 Å². The van der Waals surface area contributed by atoms with Crippen molar-refractivity contribution < 1.29 is 13.2 Å². The summed E-state index contributed by atoms with van der Waals surface area (Å²) < 4.78 is 58.5. The maximum absolute atomic E-state index is 13.3. The van der Waals surface area contributed by atoms with Crippen LogP contribution in [0.4, 0.5) is 24.5 Å². The van der Waals surface area contributed by atoms with Gasteiger partial charge in [0.2, 0.25) is 0 Å². The van der Waals surface area contributed by atoms with Gasteiger partial charge in [0.05, 0.1) is 28.6 Å². The van der Waals surface area contributed by atoms with E-state index in [-0.39, 0.29) is 0 Å². The summed E-state index contributed by atoms with van der Waals surface area (Å²) in [4.78, 5) is 3.77. The predicted molar refractivity (Wildman–Crippen MR) is 156 cm³/mol. The van der Waals surface area contributed by atoms with Crippen LogP contribution in [0.15, 0.2) is 81.5 Å². The zero-order valence-electron chi connectivity index (χ0n) is 20.0. The fourth-order valence-corrected chi connectivity index (χ4v) is 7.84. The fraction of sp³-hybridized carbons (Fsp3) is 0.0714. The zero-order chi connectivity index (χ0) is 26.7. The van der Waals surface area contributed by atoms with Crippen LogP contribution in [0.25, 0.3) is 52.8 Å². The Balaban J connectivity index is 1.36. The van der Waals surface area contributed by atoms with Gasteiger partial charge in [0, 0.05) is 30.6 Å². The highest BCUT2D eigenvalue weighted by atomic mass is 32.1. The summed E-state index contributed by atoms with van der Waals surface area (Å²) in [6.45, 7) is 2.08. The maximum atomic E-state index is 13.3. The molecule has 0 saturated carbocycles. The summed E-state index contributed by atoms with van der Waals surface area (Å²) in [5, 5.41) is 0. The van der Waals surface area contributed by atoms with Crippen LogP contribution < -0.4 is 0 Å². The normalized spacial score (nSPS) is 12.7. The average molecular weight is 593 g/mol. The number of rotatable bonds is 4. The van der Waals surface area contributed by atoms with Crippen LogP contribution in [-0.4, -0.2) is 8.75 Å². The lowest BCUT2D eigenvalue weighted by molar-refractivity contribution is -0.137. The molecular weight excluding hydrogens is 578 g/mol. The summed E-state index contributed by atoms with van der Waals surface area (Å²) >= 11 is 5.34. The molecule has 0 unspecified atom stereocenters. The van der Waals surface area contributed by atoms with Crippen molar-refractivity contribution in [2.45, 2.75) is 13.1 Å². The van der Waals surface area contributed by atoms with Crippen LogP contribution in [0, 0.1) is 6.92 Å². The Morgan fingerprint density at radius 1 is 0.641 bits per heavy atom. The lowest BCUT2D eigenvalue weighted by Gasteiger charge is -2.10. The molecule has 4 nitrogen and oxygen atoms in total. The molecule has 4 heterocycles. The zero-order valence-corrected chi connectivity index (χ0v) is 23.2. The van der Waals surface area contributed by atoms with E-state index in [9.17, 15) is 13.2 Å².